The maximum Gasteiger partial charge on any atom is 0.0747 e. The van der Waals surface area contributed by atoms with Gasteiger partial charge in [0.05, 0.1) is 11.5 Å². The van der Waals surface area contributed by atoms with Crippen LogP contribution in [0.25, 0.3) is 0 Å². The van der Waals surface area contributed by atoms with E-state index in [1.807, 2.05) is 19.1 Å². The summed E-state index contributed by atoms with van der Waals surface area (Å²) < 4.78 is 5.28. The van der Waals surface area contributed by atoms with Crippen molar-refractivity contribution in [1.29, 1.82) is 0 Å². The number of halogens is 1. The van der Waals surface area contributed by atoms with Crippen LogP contribution in [0.4, 0.5) is 0 Å². The molecular formula is C10H17ClO. The van der Waals surface area contributed by atoms with E-state index < -0.39 is 0 Å². The Morgan fingerprint density at radius 2 is 1.83 bits per heavy atom. The van der Waals surface area contributed by atoms with Crippen molar-refractivity contribution in [2.24, 2.45) is 0 Å². The van der Waals surface area contributed by atoms with E-state index >= 15 is 0 Å². The molecule has 70 valence electrons. The Morgan fingerprint density at radius 1 is 1.33 bits per heavy atom. The first-order valence-corrected chi connectivity index (χ1v) is 4.55. The van der Waals surface area contributed by atoms with E-state index in [9.17, 15) is 0 Å². The average Bonchev–Trinajstić information content (AvgIpc) is 2.02. The van der Waals surface area contributed by atoms with Crippen LogP contribution < -0.4 is 0 Å². The van der Waals surface area contributed by atoms with Gasteiger partial charge < -0.3 is 4.74 Å². The van der Waals surface area contributed by atoms with E-state index in [2.05, 4.69) is 13.2 Å². The maximum atomic E-state index is 6.25. The zero-order valence-corrected chi connectivity index (χ0v) is 8.44. The molecule has 0 spiro atoms. The molecule has 2 heteroatoms. The highest BCUT2D eigenvalue weighted by Gasteiger charge is 2.23. The third-order valence-corrected chi connectivity index (χ3v) is 2.00. The zero-order chi connectivity index (χ0) is 9.45. The van der Waals surface area contributed by atoms with Crippen molar-refractivity contribution >= 4 is 11.6 Å². The van der Waals surface area contributed by atoms with Crippen molar-refractivity contribution in [3.63, 3.8) is 0 Å². The Morgan fingerprint density at radius 3 is 2.17 bits per heavy atom. The van der Waals surface area contributed by atoms with Crippen molar-refractivity contribution in [2.45, 2.75) is 24.6 Å². The second-order valence-corrected chi connectivity index (χ2v) is 3.58. The Labute approximate surface area is 80.1 Å². The zero-order valence-electron chi connectivity index (χ0n) is 7.68. The number of alkyl halides is 1. The molecule has 0 aliphatic carbocycles. The normalized spacial score (nSPS) is 11.2. The van der Waals surface area contributed by atoms with Crippen molar-refractivity contribution in [3.8, 4) is 0 Å². The number of allylic oxidation sites excluding steroid dienone is 2. The smallest absolute Gasteiger partial charge is 0.0747 e. The van der Waals surface area contributed by atoms with Crippen molar-refractivity contribution < 1.29 is 4.74 Å². The van der Waals surface area contributed by atoms with Gasteiger partial charge in [0.15, 0.2) is 0 Å². The molecule has 0 saturated carbocycles. The molecule has 0 saturated heterocycles. The summed E-state index contributed by atoms with van der Waals surface area (Å²) in [5, 5.41) is 0. The standard InChI is InChI=1S/C10H17ClO/c1-4-7-10(11,8-5-2)9-12-6-3/h4-5H,1-2,6-9H2,3H3. The molecule has 0 rings (SSSR count). The molecule has 0 fully saturated rings. The molecule has 0 aromatic rings. The summed E-state index contributed by atoms with van der Waals surface area (Å²) in [6.07, 6.45) is 5.13. The van der Waals surface area contributed by atoms with Crippen LogP contribution in [0.2, 0.25) is 0 Å². The minimum absolute atomic E-state index is 0.334. The molecule has 0 aromatic carbocycles. The van der Waals surface area contributed by atoms with E-state index in [0.717, 1.165) is 12.8 Å². The van der Waals surface area contributed by atoms with Crippen LogP contribution in [-0.4, -0.2) is 18.1 Å². The van der Waals surface area contributed by atoms with Crippen molar-refractivity contribution in [3.05, 3.63) is 25.3 Å². The van der Waals surface area contributed by atoms with Gasteiger partial charge in [-0.1, -0.05) is 12.2 Å². The van der Waals surface area contributed by atoms with Crippen LogP contribution in [0.1, 0.15) is 19.8 Å². The molecule has 1 nitrogen and oxygen atoms in total. The van der Waals surface area contributed by atoms with E-state index in [-0.39, 0.29) is 4.87 Å². The molecule has 0 aliphatic rings. The third-order valence-electron chi connectivity index (χ3n) is 1.59. The second-order valence-electron chi connectivity index (χ2n) is 2.77. The van der Waals surface area contributed by atoms with E-state index in [4.69, 9.17) is 16.3 Å². The van der Waals surface area contributed by atoms with Gasteiger partial charge in [-0.2, -0.15) is 0 Å². The topological polar surface area (TPSA) is 9.23 Å². The highest BCUT2D eigenvalue weighted by Crippen LogP contribution is 2.25. The monoisotopic (exact) mass is 188 g/mol. The minimum Gasteiger partial charge on any atom is -0.380 e. The quantitative estimate of drug-likeness (QED) is 0.441. The Hall–Kier alpha value is -0.270. The van der Waals surface area contributed by atoms with Gasteiger partial charge in [-0.3, -0.25) is 0 Å². The molecular weight excluding hydrogens is 172 g/mol. The molecule has 0 aliphatic heterocycles. The number of hydrogen-bond acceptors (Lipinski definition) is 1. The summed E-state index contributed by atoms with van der Waals surface area (Å²) in [7, 11) is 0. The number of hydrogen-bond donors (Lipinski definition) is 0. The fourth-order valence-electron chi connectivity index (χ4n) is 1.00. The van der Waals surface area contributed by atoms with Gasteiger partial charge >= 0.3 is 0 Å². The lowest BCUT2D eigenvalue weighted by Crippen LogP contribution is -2.26. The minimum atomic E-state index is -0.334. The van der Waals surface area contributed by atoms with Gasteiger partial charge in [0, 0.05) is 6.61 Å². The maximum absolute atomic E-state index is 6.25. The summed E-state index contributed by atoms with van der Waals surface area (Å²) in [6, 6.07) is 0. The molecule has 0 N–H and O–H groups in total. The lowest BCUT2D eigenvalue weighted by Gasteiger charge is -2.23. The van der Waals surface area contributed by atoms with Crippen molar-refractivity contribution in [2.75, 3.05) is 13.2 Å². The Balaban J connectivity index is 3.96. The SMILES string of the molecule is C=CCC(Cl)(CC=C)COCC. The molecule has 0 bridgehead atoms. The highest BCUT2D eigenvalue weighted by atomic mass is 35.5. The average molecular weight is 189 g/mol. The molecule has 12 heavy (non-hydrogen) atoms. The molecule has 0 heterocycles. The van der Waals surface area contributed by atoms with E-state index in [1.54, 1.807) is 0 Å². The third kappa shape index (κ3) is 4.58. The van der Waals surface area contributed by atoms with Crippen LogP contribution in [-0.2, 0) is 4.74 Å². The summed E-state index contributed by atoms with van der Waals surface area (Å²) in [5.41, 5.74) is 0. The van der Waals surface area contributed by atoms with Gasteiger partial charge in [0.1, 0.15) is 0 Å². The van der Waals surface area contributed by atoms with E-state index in [0.29, 0.717) is 13.2 Å². The summed E-state index contributed by atoms with van der Waals surface area (Å²) in [4.78, 5) is -0.334. The molecule has 0 aromatic heterocycles. The van der Waals surface area contributed by atoms with Gasteiger partial charge in [-0.25, -0.2) is 0 Å². The van der Waals surface area contributed by atoms with Crippen LogP contribution in [0.5, 0.6) is 0 Å². The predicted molar refractivity (Wildman–Crippen MR) is 54.7 cm³/mol. The van der Waals surface area contributed by atoms with E-state index in [1.165, 1.54) is 0 Å². The first kappa shape index (κ1) is 11.7. The van der Waals surface area contributed by atoms with Gasteiger partial charge in [-0.05, 0) is 19.8 Å². The van der Waals surface area contributed by atoms with Crippen LogP contribution >= 0.6 is 11.6 Å². The van der Waals surface area contributed by atoms with Crippen LogP contribution in [0.3, 0.4) is 0 Å². The summed E-state index contributed by atoms with van der Waals surface area (Å²) in [5.74, 6) is 0. The van der Waals surface area contributed by atoms with Gasteiger partial charge in [-0.15, -0.1) is 24.8 Å². The molecule has 0 radical (unpaired) electrons. The lowest BCUT2D eigenvalue weighted by atomic mass is 10.0. The Bertz CT molecular complexity index is 133. The molecule has 0 amide bonds. The largest absolute Gasteiger partial charge is 0.380 e. The Kier molecular flexibility index (Phi) is 6.13. The van der Waals surface area contributed by atoms with Gasteiger partial charge in [0.25, 0.3) is 0 Å². The molecule has 0 atom stereocenters. The predicted octanol–water partition coefficient (Wildman–Crippen LogP) is 3.15. The number of rotatable bonds is 7. The second kappa shape index (κ2) is 6.27. The van der Waals surface area contributed by atoms with Gasteiger partial charge in [0.2, 0.25) is 0 Å². The fourth-order valence-corrected chi connectivity index (χ4v) is 1.30. The molecule has 0 unspecified atom stereocenters. The first-order valence-electron chi connectivity index (χ1n) is 4.17. The fraction of sp³-hybridized carbons (Fsp3) is 0.600. The summed E-state index contributed by atoms with van der Waals surface area (Å²) in [6.45, 7) is 10.5. The van der Waals surface area contributed by atoms with Crippen LogP contribution in [0.15, 0.2) is 25.3 Å². The highest BCUT2D eigenvalue weighted by molar-refractivity contribution is 6.24. The summed E-state index contributed by atoms with van der Waals surface area (Å²) >= 11 is 6.25. The number of ether oxygens (including phenoxy) is 1. The lowest BCUT2D eigenvalue weighted by molar-refractivity contribution is 0.122. The van der Waals surface area contributed by atoms with Crippen LogP contribution in [0, 0.1) is 0 Å². The first-order chi connectivity index (χ1) is 5.68. The van der Waals surface area contributed by atoms with Crippen molar-refractivity contribution in [1.82, 2.24) is 0 Å².